The van der Waals surface area contributed by atoms with E-state index in [1.54, 1.807) is 12.1 Å². The third-order valence-corrected chi connectivity index (χ3v) is 4.50. The van der Waals surface area contributed by atoms with E-state index < -0.39 is 18.8 Å². The van der Waals surface area contributed by atoms with Crippen molar-refractivity contribution in [1.29, 1.82) is 0 Å². The van der Waals surface area contributed by atoms with E-state index in [-0.39, 0.29) is 17.1 Å². The molecule has 1 aliphatic rings. The van der Waals surface area contributed by atoms with Crippen molar-refractivity contribution in [1.82, 2.24) is 14.7 Å². The second-order valence-corrected chi connectivity index (χ2v) is 6.57. The minimum absolute atomic E-state index is 0.110. The van der Waals surface area contributed by atoms with Gasteiger partial charge in [-0.3, -0.25) is 9.58 Å². The molecule has 0 fully saturated rings. The highest BCUT2D eigenvalue weighted by atomic mass is 35.5. The summed E-state index contributed by atoms with van der Waals surface area (Å²) >= 11 is 12.0. The molecule has 2 aromatic rings. The van der Waals surface area contributed by atoms with Crippen LogP contribution in [0.25, 0.3) is 12.2 Å². The molecule has 142 valence electrons. The summed E-state index contributed by atoms with van der Waals surface area (Å²) in [5, 5.41) is 13.9. The maximum Gasteiger partial charge on any atom is 0.484 e. The quantitative estimate of drug-likeness (QED) is 0.581. The molecule has 10 heteroatoms. The number of halogens is 5. The SMILES string of the molecule is O=C(O)C=Cc1nn(Cc2ccc(Cl)cc2Cl)c2c1C=CN(C(F)(F)F)C2. The number of carboxylic acid groups (broad SMARTS) is 1. The van der Waals surface area contributed by atoms with Gasteiger partial charge >= 0.3 is 12.3 Å². The maximum atomic E-state index is 13.1. The van der Waals surface area contributed by atoms with Gasteiger partial charge in [-0.15, -0.1) is 0 Å². The Morgan fingerprint density at radius 2 is 2.07 bits per heavy atom. The number of carbonyl (C=O) groups is 1. The molecule has 1 aromatic carbocycles. The molecule has 1 aliphatic heterocycles. The summed E-state index contributed by atoms with van der Waals surface area (Å²) in [7, 11) is 0. The molecule has 3 rings (SSSR count). The Balaban J connectivity index is 2.03. The number of fused-ring (bicyclic) bond motifs is 1. The molecular formula is C17H12Cl2F3N3O2. The lowest BCUT2D eigenvalue weighted by atomic mass is 10.1. The molecule has 1 N–H and O–H groups in total. The molecule has 0 aliphatic carbocycles. The molecule has 0 unspecified atom stereocenters. The van der Waals surface area contributed by atoms with Gasteiger partial charge in [-0.05, 0) is 29.8 Å². The summed E-state index contributed by atoms with van der Waals surface area (Å²) in [6, 6.07) is 4.80. The van der Waals surface area contributed by atoms with Gasteiger partial charge in [-0.2, -0.15) is 18.3 Å². The first kappa shape index (κ1) is 19.3. The third kappa shape index (κ3) is 4.28. The predicted molar refractivity (Wildman–Crippen MR) is 95.1 cm³/mol. The second-order valence-electron chi connectivity index (χ2n) is 5.72. The molecule has 2 heterocycles. The normalized spacial score (nSPS) is 14.0. The van der Waals surface area contributed by atoms with Crippen LogP contribution in [0.3, 0.4) is 0 Å². The number of nitrogens with zero attached hydrogens (tertiary/aromatic N) is 3. The van der Waals surface area contributed by atoms with Crippen LogP contribution in [-0.2, 0) is 17.9 Å². The first-order valence-electron chi connectivity index (χ1n) is 7.61. The number of rotatable bonds is 4. The Hall–Kier alpha value is -2.45. The smallest absolute Gasteiger partial charge is 0.478 e. The van der Waals surface area contributed by atoms with Gasteiger partial charge in [0, 0.05) is 27.9 Å². The zero-order valence-corrected chi connectivity index (χ0v) is 15.1. The monoisotopic (exact) mass is 417 g/mol. The number of carboxylic acids is 1. The van der Waals surface area contributed by atoms with Crippen LogP contribution in [0.1, 0.15) is 22.5 Å². The van der Waals surface area contributed by atoms with Crippen LogP contribution in [0, 0.1) is 0 Å². The molecule has 5 nitrogen and oxygen atoms in total. The van der Waals surface area contributed by atoms with Crippen LogP contribution < -0.4 is 0 Å². The first-order valence-corrected chi connectivity index (χ1v) is 8.37. The standard InChI is InChI=1S/C17H12Cl2F3N3O2/c18-11-2-1-10(13(19)7-11)8-25-15-9-24(17(20,21)22)6-5-12(15)14(23-25)3-4-16(26)27/h1-7H,8-9H2,(H,26,27). The van der Waals surface area contributed by atoms with E-state index in [9.17, 15) is 18.0 Å². The number of benzene rings is 1. The Labute approximate surface area is 161 Å². The fraction of sp³-hybridized carbons (Fsp3) is 0.176. The molecular weight excluding hydrogens is 406 g/mol. The molecule has 0 spiro atoms. The van der Waals surface area contributed by atoms with Gasteiger partial charge in [-0.1, -0.05) is 29.3 Å². The third-order valence-electron chi connectivity index (χ3n) is 3.91. The van der Waals surface area contributed by atoms with Gasteiger partial charge in [0.25, 0.3) is 0 Å². The highest BCUT2D eigenvalue weighted by Crippen LogP contribution is 2.32. The summed E-state index contributed by atoms with van der Waals surface area (Å²) < 4.78 is 40.6. The second kappa shape index (κ2) is 7.28. The highest BCUT2D eigenvalue weighted by molar-refractivity contribution is 6.35. The summed E-state index contributed by atoms with van der Waals surface area (Å²) in [6.45, 7) is -0.340. The summed E-state index contributed by atoms with van der Waals surface area (Å²) in [6.07, 6.45) is -0.248. The van der Waals surface area contributed by atoms with E-state index in [1.165, 1.54) is 22.9 Å². The van der Waals surface area contributed by atoms with Gasteiger partial charge in [0.2, 0.25) is 0 Å². The van der Waals surface area contributed by atoms with E-state index in [2.05, 4.69) is 5.10 Å². The number of aliphatic carboxylic acids is 1. The first-order chi connectivity index (χ1) is 12.6. The molecule has 27 heavy (non-hydrogen) atoms. The zero-order chi connectivity index (χ0) is 19.8. The van der Waals surface area contributed by atoms with Crippen LogP contribution in [0.4, 0.5) is 13.2 Å². The van der Waals surface area contributed by atoms with Gasteiger partial charge in [0.1, 0.15) is 0 Å². The minimum atomic E-state index is -4.54. The summed E-state index contributed by atoms with van der Waals surface area (Å²) in [5.41, 5.74) is 1.60. The van der Waals surface area contributed by atoms with Crippen molar-refractivity contribution in [2.24, 2.45) is 0 Å². The lowest BCUT2D eigenvalue weighted by Gasteiger charge is -2.26. The molecule has 0 radical (unpaired) electrons. The van der Waals surface area contributed by atoms with Gasteiger partial charge < -0.3 is 5.11 Å². The van der Waals surface area contributed by atoms with Crippen molar-refractivity contribution in [3.05, 3.63) is 63.0 Å². The van der Waals surface area contributed by atoms with Crippen molar-refractivity contribution in [2.45, 2.75) is 19.4 Å². The maximum absolute atomic E-state index is 13.1. The highest BCUT2D eigenvalue weighted by Gasteiger charge is 2.38. The van der Waals surface area contributed by atoms with Crippen molar-refractivity contribution in [2.75, 3.05) is 0 Å². The van der Waals surface area contributed by atoms with Crippen LogP contribution >= 0.6 is 23.2 Å². The zero-order valence-electron chi connectivity index (χ0n) is 13.5. The number of hydrogen-bond donors (Lipinski definition) is 1. The summed E-state index contributed by atoms with van der Waals surface area (Å²) in [4.78, 5) is 11.0. The minimum Gasteiger partial charge on any atom is -0.478 e. The van der Waals surface area contributed by atoms with Crippen molar-refractivity contribution in [3.63, 3.8) is 0 Å². The van der Waals surface area contributed by atoms with Crippen molar-refractivity contribution >= 4 is 41.3 Å². The Morgan fingerprint density at radius 3 is 2.70 bits per heavy atom. The predicted octanol–water partition coefficient (Wildman–Crippen LogP) is 4.64. The van der Waals surface area contributed by atoms with Crippen LogP contribution in [0.15, 0.2) is 30.5 Å². The van der Waals surface area contributed by atoms with Crippen molar-refractivity contribution in [3.8, 4) is 0 Å². The topological polar surface area (TPSA) is 58.4 Å². The fourth-order valence-electron chi connectivity index (χ4n) is 2.65. The Kier molecular flexibility index (Phi) is 5.21. The molecule has 0 amide bonds. The summed E-state index contributed by atoms with van der Waals surface area (Å²) in [5.74, 6) is -1.18. The molecule has 0 saturated carbocycles. The average Bonchev–Trinajstić information content (AvgIpc) is 2.92. The average molecular weight is 418 g/mol. The molecule has 0 bridgehead atoms. The Bertz CT molecular complexity index is 952. The molecule has 0 atom stereocenters. The van der Waals surface area contributed by atoms with E-state index in [4.69, 9.17) is 28.3 Å². The lowest BCUT2D eigenvalue weighted by Crippen LogP contribution is -2.35. The molecule has 1 aromatic heterocycles. The molecule has 0 saturated heterocycles. The number of aromatic nitrogens is 2. The van der Waals surface area contributed by atoms with Gasteiger partial charge in [0.15, 0.2) is 0 Å². The fourth-order valence-corrected chi connectivity index (χ4v) is 3.12. The lowest BCUT2D eigenvalue weighted by molar-refractivity contribution is -0.231. The number of alkyl halides is 3. The van der Waals surface area contributed by atoms with Gasteiger partial charge in [-0.25, -0.2) is 4.79 Å². The number of hydrogen-bond acceptors (Lipinski definition) is 3. The van der Waals surface area contributed by atoms with Crippen LogP contribution in [0.5, 0.6) is 0 Å². The van der Waals surface area contributed by atoms with E-state index in [0.717, 1.165) is 12.3 Å². The van der Waals surface area contributed by atoms with Crippen LogP contribution in [-0.4, -0.2) is 32.1 Å². The van der Waals surface area contributed by atoms with Gasteiger partial charge in [0.05, 0.1) is 24.5 Å². The van der Waals surface area contributed by atoms with E-state index in [0.29, 0.717) is 26.9 Å². The largest absolute Gasteiger partial charge is 0.484 e. The van der Waals surface area contributed by atoms with E-state index in [1.807, 2.05) is 0 Å². The van der Waals surface area contributed by atoms with Crippen LogP contribution in [0.2, 0.25) is 10.0 Å². The van der Waals surface area contributed by atoms with E-state index >= 15 is 0 Å². The Morgan fingerprint density at radius 1 is 1.33 bits per heavy atom. The van der Waals surface area contributed by atoms with Crippen molar-refractivity contribution < 1.29 is 23.1 Å².